The van der Waals surface area contributed by atoms with Gasteiger partial charge in [0.05, 0.1) is 0 Å². The maximum Gasteiger partial charge on any atom is 0.251 e. The topological polar surface area (TPSA) is 38.3 Å². The minimum Gasteiger partial charge on any atom is -0.385 e. The van der Waals surface area contributed by atoms with Crippen molar-refractivity contribution in [1.29, 1.82) is 0 Å². The van der Waals surface area contributed by atoms with Crippen LogP contribution in [0.25, 0.3) is 0 Å². The van der Waals surface area contributed by atoms with Gasteiger partial charge in [0.15, 0.2) is 0 Å². The summed E-state index contributed by atoms with van der Waals surface area (Å²) >= 11 is 5.68. The molecule has 1 aromatic rings. The van der Waals surface area contributed by atoms with Gasteiger partial charge in [-0.3, -0.25) is 4.79 Å². The first-order valence-corrected chi connectivity index (χ1v) is 6.23. The monoisotopic (exact) mass is 255 g/mol. The van der Waals surface area contributed by atoms with E-state index in [1.165, 1.54) is 0 Å². The normalized spacial score (nSPS) is 10.2. The first-order chi connectivity index (χ1) is 8.27. The van der Waals surface area contributed by atoms with Gasteiger partial charge in [0.25, 0.3) is 5.91 Å². The number of carbonyl (C=O) groups is 1. The van der Waals surface area contributed by atoms with E-state index in [9.17, 15) is 4.79 Å². The number of unbranched alkanes of at least 4 members (excludes halogenated alkanes) is 1. The Bertz CT molecular complexity index is 338. The van der Waals surface area contributed by atoms with Gasteiger partial charge in [0.2, 0.25) is 0 Å². The molecule has 0 atom stereocenters. The van der Waals surface area contributed by atoms with Crippen LogP contribution in [-0.2, 0) is 10.6 Å². The minimum absolute atomic E-state index is 0.0384. The van der Waals surface area contributed by atoms with Crippen LogP contribution >= 0.6 is 11.6 Å². The zero-order chi connectivity index (χ0) is 12.5. The number of rotatable bonds is 7. The van der Waals surface area contributed by atoms with Gasteiger partial charge in [0.1, 0.15) is 0 Å². The zero-order valence-electron chi connectivity index (χ0n) is 10.0. The molecule has 0 saturated carbocycles. The van der Waals surface area contributed by atoms with Gasteiger partial charge in [-0.15, -0.1) is 11.6 Å². The Morgan fingerprint density at radius 1 is 1.29 bits per heavy atom. The van der Waals surface area contributed by atoms with Gasteiger partial charge >= 0.3 is 0 Å². The van der Waals surface area contributed by atoms with E-state index in [-0.39, 0.29) is 5.91 Å². The Kier molecular flexibility index (Phi) is 6.67. The fraction of sp³-hybridized carbons (Fsp3) is 0.462. The second-order valence-electron chi connectivity index (χ2n) is 3.79. The molecule has 0 saturated heterocycles. The smallest absolute Gasteiger partial charge is 0.251 e. The molecule has 17 heavy (non-hydrogen) atoms. The van der Waals surface area contributed by atoms with E-state index in [4.69, 9.17) is 16.3 Å². The summed E-state index contributed by atoms with van der Waals surface area (Å²) in [7, 11) is 1.68. The van der Waals surface area contributed by atoms with E-state index in [2.05, 4.69) is 5.32 Å². The number of hydrogen-bond donors (Lipinski definition) is 1. The third-order valence-electron chi connectivity index (χ3n) is 2.43. The Hall–Kier alpha value is -1.06. The van der Waals surface area contributed by atoms with Crippen LogP contribution in [0.5, 0.6) is 0 Å². The van der Waals surface area contributed by atoms with Crippen LogP contribution in [0, 0.1) is 0 Å². The molecule has 94 valence electrons. The Balaban J connectivity index is 2.31. The minimum atomic E-state index is -0.0384. The Morgan fingerprint density at radius 2 is 2.00 bits per heavy atom. The number of halogens is 1. The molecular formula is C13H18ClNO2. The van der Waals surface area contributed by atoms with Gasteiger partial charge in [-0.1, -0.05) is 12.1 Å². The molecule has 0 bridgehead atoms. The highest BCUT2D eigenvalue weighted by molar-refractivity contribution is 6.17. The highest BCUT2D eigenvalue weighted by Gasteiger charge is 2.03. The fourth-order valence-corrected chi connectivity index (χ4v) is 1.60. The molecule has 1 aromatic carbocycles. The molecule has 3 nitrogen and oxygen atoms in total. The standard InChI is InChI=1S/C13H18ClNO2/c1-17-9-3-2-8-15-13(16)12-6-4-11(10-14)5-7-12/h4-7H,2-3,8-10H2,1H3,(H,15,16). The summed E-state index contributed by atoms with van der Waals surface area (Å²) in [6.45, 7) is 1.42. The highest BCUT2D eigenvalue weighted by Crippen LogP contribution is 2.06. The summed E-state index contributed by atoms with van der Waals surface area (Å²) in [5.41, 5.74) is 1.69. The summed E-state index contributed by atoms with van der Waals surface area (Å²) in [5, 5.41) is 2.87. The van der Waals surface area contributed by atoms with Gasteiger partial charge in [-0.25, -0.2) is 0 Å². The summed E-state index contributed by atoms with van der Waals surface area (Å²) in [6, 6.07) is 7.32. The second kappa shape index (κ2) is 8.09. The van der Waals surface area contributed by atoms with E-state index in [0.29, 0.717) is 18.0 Å². The van der Waals surface area contributed by atoms with Crippen LogP contribution in [0.2, 0.25) is 0 Å². The number of amides is 1. The summed E-state index contributed by atoms with van der Waals surface area (Å²) in [6.07, 6.45) is 1.89. The zero-order valence-corrected chi connectivity index (χ0v) is 10.8. The molecule has 1 rings (SSSR count). The van der Waals surface area contributed by atoms with Crippen LogP contribution in [0.4, 0.5) is 0 Å². The van der Waals surface area contributed by atoms with Gasteiger partial charge in [-0.05, 0) is 30.5 Å². The van der Waals surface area contributed by atoms with Crippen molar-refractivity contribution in [3.8, 4) is 0 Å². The van der Waals surface area contributed by atoms with Crippen molar-refractivity contribution in [3.05, 3.63) is 35.4 Å². The van der Waals surface area contributed by atoms with Crippen molar-refractivity contribution in [2.24, 2.45) is 0 Å². The second-order valence-corrected chi connectivity index (χ2v) is 4.05. The van der Waals surface area contributed by atoms with Crippen LogP contribution < -0.4 is 5.32 Å². The number of ether oxygens (including phenoxy) is 1. The van der Waals surface area contributed by atoms with E-state index in [1.54, 1.807) is 19.2 Å². The molecule has 0 aliphatic rings. The molecule has 0 aliphatic carbocycles. The van der Waals surface area contributed by atoms with E-state index in [1.807, 2.05) is 12.1 Å². The molecule has 0 radical (unpaired) electrons. The molecule has 0 aliphatic heterocycles. The quantitative estimate of drug-likeness (QED) is 0.601. The number of benzene rings is 1. The van der Waals surface area contributed by atoms with Gasteiger partial charge < -0.3 is 10.1 Å². The molecule has 0 fully saturated rings. The number of hydrogen-bond acceptors (Lipinski definition) is 2. The average molecular weight is 256 g/mol. The largest absolute Gasteiger partial charge is 0.385 e. The number of alkyl halides is 1. The van der Waals surface area contributed by atoms with Crippen molar-refractivity contribution in [2.75, 3.05) is 20.3 Å². The molecule has 1 N–H and O–H groups in total. The van der Waals surface area contributed by atoms with Crippen molar-refractivity contribution in [3.63, 3.8) is 0 Å². The maximum atomic E-state index is 11.7. The van der Waals surface area contributed by atoms with Crippen molar-refractivity contribution >= 4 is 17.5 Å². The number of carbonyl (C=O) groups excluding carboxylic acids is 1. The summed E-state index contributed by atoms with van der Waals surface area (Å²) < 4.78 is 4.93. The van der Waals surface area contributed by atoms with Crippen LogP contribution in [0.15, 0.2) is 24.3 Å². The lowest BCUT2D eigenvalue weighted by Crippen LogP contribution is -2.24. The van der Waals surface area contributed by atoms with Crippen LogP contribution in [-0.4, -0.2) is 26.2 Å². The third kappa shape index (κ3) is 5.20. The third-order valence-corrected chi connectivity index (χ3v) is 2.74. The first kappa shape index (κ1) is 14.0. The van der Waals surface area contributed by atoms with Crippen LogP contribution in [0.1, 0.15) is 28.8 Å². The maximum absolute atomic E-state index is 11.7. The van der Waals surface area contributed by atoms with Gasteiger partial charge in [-0.2, -0.15) is 0 Å². The fourth-order valence-electron chi connectivity index (χ4n) is 1.42. The molecule has 0 unspecified atom stereocenters. The van der Waals surface area contributed by atoms with E-state index >= 15 is 0 Å². The lowest BCUT2D eigenvalue weighted by Gasteiger charge is -2.05. The first-order valence-electron chi connectivity index (χ1n) is 5.70. The van der Waals surface area contributed by atoms with Crippen LogP contribution in [0.3, 0.4) is 0 Å². The Morgan fingerprint density at radius 3 is 2.59 bits per heavy atom. The highest BCUT2D eigenvalue weighted by atomic mass is 35.5. The lowest BCUT2D eigenvalue weighted by molar-refractivity contribution is 0.0951. The number of methoxy groups -OCH3 is 1. The van der Waals surface area contributed by atoms with Crippen molar-refractivity contribution < 1.29 is 9.53 Å². The Labute approximate surface area is 107 Å². The molecule has 1 amide bonds. The molecule has 4 heteroatoms. The number of nitrogens with one attached hydrogen (secondary N) is 1. The predicted molar refractivity (Wildman–Crippen MR) is 69.4 cm³/mol. The van der Waals surface area contributed by atoms with Crippen molar-refractivity contribution in [1.82, 2.24) is 5.32 Å². The van der Waals surface area contributed by atoms with E-state index in [0.717, 1.165) is 25.0 Å². The molecular weight excluding hydrogens is 238 g/mol. The summed E-state index contributed by atoms with van der Waals surface area (Å²) in [5.74, 6) is 0.433. The summed E-state index contributed by atoms with van der Waals surface area (Å²) in [4.78, 5) is 11.7. The van der Waals surface area contributed by atoms with Crippen molar-refractivity contribution in [2.45, 2.75) is 18.7 Å². The molecule has 0 spiro atoms. The SMILES string of the molecule is COCCCCNC(=O)c1ccc(CCl)cc1. The predicted octanol–water partition coefficient (Wildman–Crippen LogP) is 2.58. The lowest BCUT2D eigenvalue weighted by atomic mass is 10.1. The molecule has 0 heterocycles. The average Bonchev–Trinajstić information content (AvgIpc) is 2.38. The van der Waals surface area contributed by atoms with Gasteiger partial charge in [0, 0.05) is 31.7 Å². The molecule has 0 aromatic heterocycles. The van der Waals surface area contributed by atoms with E-state index < -0.39 is 0 Å².